The lowest BCUT2D eigenvalue weighted by Gasteiger charge is -2.20. The molecule has 3 aromatic rings. The van der Waals surface area contributed by atoms with Gasteiger partial charge in [0.05, 0.1) is 16.1 Å². The van der Waals surface area contributed by atoms with Crippen molar-refractivity contribution in [3.8, 4) is 11.5 Å². The van der Waals surface area contributed by atoms with Crippen LogP contribution in [0.25, 0.3) is 0 Å². The van der Waals surface area contributed by atoms with Crippen LogP contribution in [0.2, 0.25) is 0 Å². The average Bonchev–Trinajstić information content (AvgIpc) is 2.87. The maximum atomic E-state index is 13.2. The Kier molecular flexibility index (Phi) is 5.58. The molecule has 4 rings (SSSR count). The minimum atomic E-state index is -3.91. The third-order valence-corrected chi connectivity index (χ3v) is 6.28. The molecule has 1 aliphatic rings. The number of fused-ring (bicyclic) bond motifs is 2. The molecule has 0 atom stereocenters. The fourth-order valence-electron chi connectivity index (χ4n) is 3.44. The number of hydrogen-bond acceptors (Lipinski definition) is 5. The van der Waals surface area contributed by atoms with Crippen molar-refractivity contribution in [1.82, 2.24) is 0 Å². The number of nitrogens with one attached hydrogen (secondary N) is 2. The van der Waals surface area contributed by atoms with Crippen molar-refractivity contribution in [2.24, 2.45) is 0 Å². The summed E-state index contributed by atoms with van der Waals surface area (Å²) in [7, 11) is -3.91. The van der Waals surface area contributed by atoms with E-state index in [0.717, 1.165) is 0 Å². The zero-order chi connectivity index (χ0) is 22.9. The van der Waals surface area contributed by atoms with Gasteiger partial charge < -0.3 is 15.0 Å². The molecule has 1 heterocycles. The van der Waals surface area contributed by atoms with Crippen LogP contribution in [0.5, 0.6) is 11.5 Å². The number of amides is 2. The minimum absolute atomic E-state index is 0.0201. The summed E-state index contributed by atoms with van der Waals surface area (Å²) in [6.45, 7) is 3.65. The molecule has 0 saturated carbocycles. The van der Waals surface area contributed by atoms with Crippen molar-refractivity contribution in [3.63, 3.8) is 0 Å². The lowest BCUT2D eigenvalue weighted by Crippen LogP contribution is -2.29. The zero-order valence-corrected chi connectivity index (χ0v) is 18.3. The van der Waals surface area contributed by atoms with Crippen molar-refractivity contribution < 1.29 is 22.7 Å². The second kappa shape index (κ2) is 8.35. The molecule has 2 N–H and O–H groups in total. The Morgan fingerprint density at radius 2 is 1.66 bits per heavy atom. The number of anilines is 3. The summed E-state index contributed by atoms with van der Waals surface area (Å²) in [5.41, 5.74) is 1.62. The quantitative estimate of drug-likeness (QED) is 0.604. The molecular weight excluding hydrogens is 430 g/mol. The number of ether oxygens (including phenoxy) is 1. The number of nitrogens with zero attached hydrogens (tertiary/aromatic N) is 1. The van der Waals surface area contributed by atoms with E-state index in [4.69, 9.17) is 4.74 Å². The van der Waals surface area contributed by atoms with Crippen molar-refractivity contribution in [3.05, 3.63) is 72.3 Å². The van der Waals surface area contributed by atoms with Gasteiger partial charge in [0.1, 0.15) is 5.75 Å². The van der Waals surface area contributed by atoms with Crippen LogP contribution in [-0.2, 0) is 14.8 Å². The van der Waals surface area contributed by atoms with Gasteiger partial charge in [0.15, 0.2) is 5.75 Å². The van der Waals surface area contributed by atoms with E-state index >= 15 is 0 Å². The largest absolute Gasteiger partial charge is 0.454 e. The van der Waals surface area contributed by atoms with Crippen LogP contribution in [0.1, 0.15) is 24.2 Å². The monoisotopic (exact) mass is 451 g/mol. The second-order valence-corrected chi connectivity index (χ2v) is 8.82. The summed E-state index contributed by atoms with van der Waals surface area (Å²) in [5.74, 6) is 0.363. The smallest absolute Gasteiger partial charge is 0.262 e. The highest BCUT2D eigenvalue weighted by atomic mass is 32.2. The summed E-state index contributed by atoms with van der Waals surface area (Å²) >= 11 is 0. The molecule has 0 aliphatic carbocycles. The molecule has 0 aromatic heterocycles. The van der Waals surface area contributed by atoms with E-state index in [-0.39, 0.29) is 28.0 Å². The van der Waals surface area contributed by atoms with Gasteiger partial charge in [-0.3, -0.25) is 14.3 Å². The molecule has 164 valence electrons. The highest BCUT2D eigenvalue weighted by Gasteiger charge is 2.28. The molecule has 0 fully saturated rings. The van der Waals surface area contributed by atoms with Crippen molar-refractivity contribution in [1.29, 1.82) is 0 Å². The molecule has 2 amide bonds. The molecule has 0 unspecified atom stereocenters. The molecule has 0 saturated heterocycles. The zero-order valence-electron chi connectivity index (χ0n) is 17.5. The van der Waals surface area contributed by atoms with Gasteiger partial charge in [-0.2, -0.15) is 0 Å². The summed E-state index contributed by atoms with van der Waals surface area (Å²) in [4.78, 5) is 25.9. The van der Waals surface area contributed by atoms with Gasteiger partial charge in [0.25, 0.3) is 15.9 Å². The van der Waals surface area contributed by atoms with E-state index < -0.39 is 10.0 Å². The third-order valence-electron chi connectivity index (χ3n) is 4.88. The number of rotatable bonds is 5. The van der Waals surface area contributed by atoms with Crippen LogP contribution in [0.15, 0.2) is 71.6 Å². The fraction of sp³-hybridized carbons (Fsp3) is 0.130. The Balaban J connectivity index is 1.64. The Morgan fingerprint density at radius 1 is 0.969 bits per heavy atom. The minimum Gasteiger partial charge on any atom is -0.454 e. The second-order valence-electron chi connectivity index (χ2n) is 7.14. The van der Waals surface area contributed by atoms with Gasteiger partial charge >= 0.3 is 0 Å². The van der Waals surface area contributed by atoms with E-state index in [2.05, 4.69) is 10.0 Å². The molecule has 0 spiro atoms. The molecule has 8 nitrogen and oxygen atoms in total. The highest BCUT2D eigenvalue weighted by Crippen LogP contribution is 2.39. The molecule has 32 heavy (non-hydrogen) atoms. The predicted molar refractivity (Wildman–Crippen MR) is 122 cm³/mol. The summed E-state index contributed by atoms with van der Waals surface area (Å²) in [6, 6.07) is 17.6. The Hall–Kier alpha value is -3.85. The van der Waals surface area contributed by atoms with Crippen molar-refractivity contribution >= 4 is 38.9 Å². The van der Waals surface area contributed by atoms with E-state index in [0.29, 0.717) is 29.4 Å². The van der Waals surface area contributed by atoms with Gasteiger partial charge in [-0.25, -0.2) is 8.42 Å². The van der Waals surface area contributed by atoms with Gasteiger partial charge in [-0.05, 0) is 61.5 Å². The summed E-state index contributed by atoms with van der Waals surface area (Å²) in [5, 5.41) is 2.59. The van der Waals surface area contributed by atoms with Crippen LogP contribution in [0.4, 0.5) is 17.1 Å². The highest BCUT2D eigenvalue weighted by molar-refractivity contribution is 7.92. The van der Waals surface area contributed by atoms with Gasteiger partial charge in [-0.15, -0.1) is 0 Å². The average molecular weight is 452 g/mol. The first-order valence-corrected chi connectivity index (χ1v) is 11.4. The first kappa shape index (κ1) is 21.4. The molecule has 0 radical (unpaired) electrons. The van der Waals surface area contributed by atoms with Crippen LogP contribution in [0.3, 0.4) is 0 Å². The van der Waals surface area contributed by atoms with Gasteiger partial charge in [-0.1, -0.05) is 12.1 Å². The fourth-order valence-corrected chi connectivity index (χ4v) is 4.49. The van der Waals surface area contributed by atoms with Gasteiger partial charge in [0, 0.05) is 24.8 Å². The molecule has 0 bridgehead atoms. The first-order chi connectivity index (χ1) is 15.3. The maximum Gasteiger partial charge on any atom is 0.262 e. The number of benzene rings is 3. The molecule has 9 heteroatoms. The Labute approximate surface area is 185 Å². The normalized spacial score (nSPS) is 12.8. The lowest BCUT2D eigenvalue weighted by atomic mass is 10.1. The number of carbonyl (C=O) groups excluding carboxylic acids is 2. The predicted octanol–water partition coefficient (Wildman–Crippen LogP) is 4.22. The standard InChI is InChI=1S/C23H21N3O5S/c1-3-26-20-6-4-5-7-22(20)31-21-13-10-17(14-19(21)23(26)28)25-32(29,30)18-11-8-16(9-12-18)24-15(2)27/h4-14,25H,3H2,1-2H3,(H,24,27). The topological polar surface area (TPSA) is 105 Å². The molecular formula is C23H21N3O5S. The van der Waals surface area contributed by atoms with E-state index in [9.17, 15) is 18.0 Å². The van der Waals surface area contributed by atoms with Crippen LogP contribution in [-0.4, -0.2) is 26.8 Å². The Bertz CT molecular complexity index is 1300. The lowest BCUT2D eigenvalue weighted by molar-refractivity contribution is -0.114. The van der Waals surface area contributed by atoms with Crippen LogP contribution >= 0.6 is 0 Å². The van der Waals surface area contributed by atoms with Crippen LogP contribution < -0.4 is 19.7 Å². The summed E-state index contributed by atoms with van der Waals surface area (Å²) in [6.07, 6.45) is 0. The molecule has 1 aliphatic heterocycles. The first-order valence-electron chi connectivity index (χ1n) is 9.92. The number of sulfonamides is 1. The Morgan fingerprint density at radius 3 is 2.34 bits per heavy atom. The number of hydrogen-bond donors (Lipinski definition) is 2. The maximum absolute atomic E-state index is 13.2. The van der Waals surface area contributed by atoms with E-state index in [1.165, 1.54) is 37.3 Å². The van der Waals surface area contributed by atoms with Crippen LogP contribution in [0, 0.1) is 0 Å². The molecule has 3 aromatic carbocycles. The SMILES string of the molecule is CCN1C(=O)c2cc(NS(=O)(=O)c3ccc(NC(C)=O)cc3)ccc2Oc2ccccc21. The summed E-state index contributed by atoms with van der Waals surface area (Å²) < 4.78 is 34.1. The number of para-hydroxylation sites is 2. The van der Waals surface area contributed by atoms with E-state index in [1.807, 2.05) is 19.1 Å². The van der Waals surface area contributed by atoms with Crippen molar-refractivity contribution in [2.45, 2.75) is 18.7 Å². The van der Waals surface area contributed by atoms with E-state index in [1.54, 1.807) is 29.2 Å². The van der Waals surface area contributed by atoms with Crippen molar-refractivity contribution in [2.75, 3.05) is 21.5 Å². The third kappa shape index (κ3) is 4.15. The van der Waals surface area contributed by atoms with Gasteiger partial charge in [0.2, 0.25) is 5.91 Å². The number of carbonyl (C=O) groups is 2.